The van der Waals surface area contributed by atoms with Gasteiger partial charge in [-0.1, -0.05) is 28.5 Å². The van der Waals surface area contributed by atoms with E-state index in [0.717, 1.165) is 0 Å². The van der Waals surface area contributed by atoms with Gasteiger partial charge in [0.25, 0.3) is 5.91 Å². The molecule has 0 atom stereocenters. The smallest absolute Gasteiger partial charge is 0.326 e. The van der Waals surface area contributed by atoms with Crippen molar-refractivity contribution in [2.45, 2.75) is 13.8 Å². The van der Waals surface area contributed by atoms with Crippen molar-refractivity contribution < 1.29 is 18.6 Å². The minimum atomic E-state index is -0.658. The molecule has 0 bridgehead atoms. The molecule has 2 heterocycles. The molecule has 0 fully saturated rings. The Bertz CT molecular complexity index is 883. The van der Waals surface area contributed by atoms with Crippen LogP contribution >= 0.6 is 0 Å². The molecule has 2 aromatic heterocycles. The van der Waals surface area contributed by atoms with E-state index >= 15 is 0 Å². The van der Waals surface area contributed by atoms with E-state index in [1.54, 1.807) is 44.2 Å². The maximum Gasteiger partial charge on any atom is 0.326 e. The minimum absolute atomic E-state index is 0.131. The van der Waals surface area contributed by atoms with Gasteiger partial charge >= 0.3 is 6.03 Å². The van der Waals surface area contributed by atoms with Crippen molar-refractivity contribution in [1.29, 1.82) is 0 Å². The predicted octanol–water partition coefficient (Wildman–Crippen LogP) is 2.91. The summed E-state index contributed by atoms with van der Waals surface area (Å²) in [4.78, 5) is 24.4. The number of imide groups is 1. The van der Waals surface area contributed by atoms with Crippen LogP contribution in [0.4, 0.5) is 10.5 Å². The molecule has 3 amide bonds. The number of anilines is 1. The lowest BCUT2D eigenvalue weighted by molar-refractivity contribution is 0.0967. The highest BCUT2D eigenvalue weighted by molar-refractivity contribution is 6.10. The van der Waals surface area contributed by atoms with Gasteiger partial charge in [0.05, 0.1) is 5.69 Å². The van der Waals surface area contributed by atoms with Crippen LogP contribution in [-0.4, -0.2) is 22.3 Å². The molecule has 122 valence electrons. The molecule has 3 aromatic rings. The fourth-order valence-corrected chi connectivity index (χ4v) is 2.13. The molecule has 0 radical (unpaired) electrons. The molecule has 0 unspecified atom stereocenters. The number of urea groups is 1. The quantitative estimate of drug-likeness (QED) is 0.765. The second-order valence-corrected chi connectivity index (χ2v) is 5.07. The molecule has 0 spiro atoms. The molecular weight excluding hydrogens is 312 g/mol. The van der Waals surface area contributed by atoms with Gasteiger partial charge in [-0.05, 0) is 26.0 Å². The Morgan fingerprint density at radius 2 is 1.79 bits per heavy atom. The van der Waals surface area contributed by atoms with Crippen molar-refractivity contribution >= 4 is 17.6 Å². The molecule has 8 heteroatoms. The van der Waals surface area contributed by atoms with Gasteiger partial charge in [-0.25, -0.2) is 4.79 Å². The molecular formula is C16H14N4O4. The summed E-state index contributed by atoms with van der Waals surface area (Å²) in [7, 11) is 0. The van der Waals surface area contributed by atoms with Crippen LogP contribution in [0.2, 0.25) is 0 Å². The second kappa shape index (κ2) is 6.37. The summed E-state index contributed by atoms with van der Waals surface area (Å²) in [6, 6.07) is 9.73. The van der Waals surface area contributed by atoms with Crippen molar-refractivity contribution in [3.8, 4) is 11.5 Å². The summed E-state index contributed by atoms with van der Waals surface area (Å²) in [5.41, 5.74) is 1.38. The first-order valence-electron chi connectivity index (χ1n) is 7.12. The van der Waals surface area contributed by atoms with Gasteiger partial charge in [-0.15, -0.1) is 0 Å². The Hall–Kier alpha value is -3.42. The molecule has 0 aliphatic heterocycles. The van der Waals surface area contributed by atoms with E-state index in [0.29, 0.717) is 22.8 Å². The summed E-state index contributed by atoms with van der Waals surface area (Å²) < 4.78 is 10.1. The fourth-order valence-electron chi connectivity index (χ4n) is 2.13. The number of hydrogen-bond donors (Lipinski definition) is 2. The van der Waals surface area contributed by atoms with Gasteiger partial charge in [0.2, 0.25) is 5.76 Å². The summed E-state index contributed by atoms with van der Waals surface area (Å²) >= 11 is 0. The van der Waals surface area contributed by atoms with Crippen molar-refractivity contribution in [3.05, 3.63) is 53.4 Å². The standard InChI is InChI=1S/C16H14N4O4/c1-9-8-12(20-23-9)14-13(10(2)19-24-14)15(21)18-16(22)17-11-6-4-3-5-7-11/h3-8H,1-2H3,(H2,17,18,21,22). The maximum atomic E-state index is 12.4. The normalized spacial score (nSPS) is 10.4. The number of para-hydroxylation sites is 1. The maximum absolute atomic E-state index is 12.4. The average molecular weight is 326 g/mol. The Morgan fingerprint density at radius 3 is 2.46 bits per heavy atom. The van der Waals surface area contributed by atoms with Gasteiger partial charge in [0.15, 0.2) is 5.69 Å². The van der Waals surface area contributed by atoms with E-state index in [9.17, 15) is 9.59 Å². The zero-order valence-corrected chi connectivity index (χ0v) is 13.0. The third-order valence-electron chi connectivity index (χ3n) is 3.21. The first kappa shape index (κ1) is 15.5. The Balaban J connectivity index is 1.78. The number of benzene rings is 1. The number of amides is 3. The highest BCUT2D eigenvalue weighted by Crippen LogP contribution is 2.25. The first-order valence-corrected chi connectivity index (χ1v) is 7.12. The van der Waals surface area contributed by atoms with Crippen molar-refractivity contribution in [2.75, 3.05) is 5.32 Å². The Labute approximate surface area is 136 Å². The number of nitrogens with one attached hydrogen (secondary N) is 2. The molecule has 8 nitrogen and oxygen atoms in total. The second-order valence-electron chi connectivity index (χ2n) is 5.07. The van der Waals surface area contributed by atoms with Crippen LogP contribution in [0.15, 0.2) is 45.4 Å². The lowest BCUT2D eigenvalue weighted by Gasteiger charge is -2.06. The van der Waals surface area contributed by atoms with E-state index in [4.69, 9.17) is 9.05 Å². The van der Waals surface area contributed by atoms with E-state index in [2.05, 4.69) is 20.9 Å². The lowest BCUT2D eigenvalue weighted by Crippen LogP contribution is -2.34. The average Bonchev–Trinajstić information content (AvgIpc) is 3.13. The molecule has 0 saturated heterocycles. The van der Waals surface area contributed by atoms with E-state index in [-0.39, 0.29) is 11.3 Å². The lowest BCUT2D eigenvalue weighted by atomic mass is 10.1. The number of aryl methyl sites for hydroxylation is 2. The molecule has 2 N–H and O–H groups in total. The topological polar surface area (TPSA) is 110 Å². The van der Waals surface area contributed by atoms with Gasteiger partial charge < -0.3 is 14.4 Å². The summed E-state index contributed by atoms with van der Waals surface area (Å²) in [5, 5.41) is 12.4. The monoisotopic (exact) mass is 326 g/mol. The van der Waals surface area contributed by atoms with Gasteiger partial charge in [0.1, 0.15) is 11.3 Å². The van der Waals surface area contributed by atoms with Crippen LogP contribution < -0.4 is 10.6 Å². The SMILES string of the molecule is Cc1cc(-c2onc(C)c2C(=O)NC(=O)Nc2ccccc2)no1. The highest BCUT2D eigenvalue weighted by atomic mass is 16.5. The van der Waals surface area contributed by atoms with Gasteiger partial charge in [-0.2, -0.15) is 0 Å². The molecule has 3 rings (SSSR count). The van der Waals surface area contributed by atoms with E-state index in [1.165, 1.54) is 0 Å². The summed E-state index contributed by atoms with van der Waals surface area (Å²) in [6.45, 7) is 3.32. The molecule has 0 saturated carbocycles. The fraction of sp³-hybridized carbons (Fsp3) is 0.125. The Kier molecular flexibility index (Phi) is 4.11. The number of carbonyl (C=O) groups is 2. The number of aromatic nitrogens is 2. The number of carbonyl (C=O) groups excluding carboxylic acids is 2. The minimum Gasteiger partial charge on any atom is -0.361 e. The molecule has 0 aliphatic rings. The van der Waals surface area contributed by atoms with Crippen LogP contribution in [0.3, 0.4) is 0 Å². The third kappa shape index (κ3) is 3.17. The molecule has 1 aromatic carbocycles. The molecule has 24 heavy (non-hydrogen) atoms. The first-order chi connectivity index (χ1) is 11.5. The van der Waals surface area contributed by atoms with Gasteiger partial charge in [0, 0.05) is 11.8 Å². The number of rotatable bonds is 3. The van der Waals surface area contributed by atoms with Crippen LogP contribution in [0.5, 0.6) is 0 Å². The third-order valence-corrected chi connectivity index (χ3v) is 3.21. The van der Waals surface area contributed by atoms with Crippen LogP contribution in [0.25, 0.3) is 11.5 Å². The van der Waals surface area contributed by atoms with Crippen molar-refractivity contribution in [1.82, 2.24) is 15.6 Å². The summed E-state index contributed by atoms with van der Waals surface area (Å²) in [5.74, 6) is 0.0689. The predicted molar refractivity (Wildman–Crippen MR) is 84.4 cm³/mol. The highest BCUT2D eigenvalue weighted by Gasteiger charge is 2.25. The molecule has 0 aliphatic carbocycles. The zero-order chi connectivity index (χ0) is 17.1. The number of hydrogen-bond acceptors (Lipinski definition) is 6. The summed E-state index contributed by atoms with van der Waals surface area (Å²) in [6.07, 6.45) is 0. The van der Waals surface area contributed by atoms with E-state index in [1.807, 2.05) is 6.07 Å². The van der Waals surface area contributed by atoms with Gasteiger partial charge in [-0.3, -0.25) is 10.1 Å². The zero-order valence-electron chi connectivity index (χ0n) is 13.0. The Morgan fingerprint density at radius 1 is 1.04 bits per heavy atom. The van der Waals surface area contributed by atoms with Crippen LogP contribution in [0.1, 0.15) is 21.8 Å². The van der Waals surface area contributed by atoms with Crippen LogP contribution in [-0.2, 0) is 0 Å². The van der Waals surface area contributed by atoms with Crippen molar-refractivity contribution in [2.24, 2.45) is 0 Å². The number of nitrogens with zero attached hydrogens (tertiary/aromatic N) is 2. The largest absolute Gasteiger partial charge is 0.361 e. The van der Waals surface area contributed by atoms with Crippen molar-refractivity contribution in [3.63, 3.8) is 0 Å². The van der Waals surface area contributed by atoms with Crippen LogP contribution in [0, 0.1) is 13.8 Å². The van der Waals surface area contributed by atoms with E-state index < -0.39 is 11.9 Å².